The van der Waals surface area contributed by atoms with Crippen LogP contribution in [0.5, 0.6) is 0 Å². The van der Waals surface area contributed by atoms with E-state index in [9.17, 15) is 0 Å². The van der Waals surface area contributed by atoms with Crippen molar-refractivity contribution in [3.8, 4) is 0 Å². The largest absolute Gasteiger partial charge is 0.374 e. The summed E-state index contributed by atoms with van der Waals surface area (Å²) < 4.78 is 5.79. The summed E-state index contributed by atoms with van der Waals surface area (Å²) in [5.41, 5.74) is 0. The zero-order valence-corrected chi connectivity index (χ0v) is 11.6. The van der Waals surface area contributed by atoms with Gasteiger partial charge in [0.1, 0.15) is 0 Å². The first-order valence-electron chi connectivity index (χ1n) is 7.17. The molecule has 1 heterocycles. The van der Waals surface area contributed by atoms with Gasteiger partial charge in [0.05, 0.1) is 12.7 Å². The van der Waals surface area contributed by atoms with E-state index < -0.39 is 0 Å². The van der Waals surface area contributed by atoms with Crippen LogP contribution in [-0.2, 0) is 4.74 Å². The lowest BCUT2D eigenvalue weighted by Gasteiger charge is -2.35. The lowest BCUT2D eigenvalue weighted by molar-refractivity contribution is -0.0203. The van der Waals surface area contributed by atoms with E-state index in [1.165, 1.54) is 19.3 Å². The zero-order valence-electron chi connectivity index (χ0n) is 11.6. The normalized spacial score (nSPS) is 40.4. The van der Waals surface area contributed by atoms with Gasteiger partial charge in [-0.2, -0.15) is 0 Å². The molecule has 0 bridgehead atoms. The summed E-state index contributed by atoms with van der Waals surface area (Å²) in [6.07, 6.45) is 4.47. The van der Waals surface area contributed by atoms with Crippen LogP contribution in [0.15, 0.2) is 0 Å². The summed E-state index contributed by atoms with van der Waals surface area (Å²) in [6.45, 7) is 8.83. The molecule has 17 heavy (non-hydrogen) atoms. The van der Waals surface area contributed by atoms with Crippen LogP contribution in [0.3, 0.4) is 0 Å². The molecule has 2 aliphatic rings. The number of morpholine rings is 1. The molecule has 3 unspecified atom stereocenters. The second-order valence-corrected chi connectivity index (χ2v) is 6.28. The molecular weight excluding hydrogens is 212 g/mol. The highest BCUT2D eigenvalue weighted by Gasteiger charge is 2.25. The van der Waals surface area contributed by atoms with Crippen molar-refractivity contribution in [2.75, 3.05) is 33.3 Å². The van der Waals surface area contributed by atoms with Gasteiger partial charge in [0, 0.05) is 25.7 Å². The molecule has 0 aromatic heterocycles. The number of hydrogen-bond acceptors (Lipinski definition) is 3. The first-order valence-corrected chi connectivity index (χ1v) is 7.17. The summed E-state index contributed by atoms with van der Waals surface area (Å²) in [5, 5.41) is 3.72. The van der Waals surface area contributed by atoms with Gasteiger partial charge in [-0.1, -0.05) is 13.8 Å². The molecule has 0 aromatic carbocycles. The van der Waals surface area contributed by atoms with Crippen molar-refractivity contribution in [1.29, 1.82) is 0 Å². The van der Waals surface area contributed by atoms with Crippen LogP contribution in [0.1, 0.15) is 33.1 Å². The molecule has 1 aliphatic heterocycles. The van der Waals surface area contributed by atoms with Crippen LogP contribution in [0.2, 0.25) is 0 Å². The summed E-state index contributed by atoms with van der Waals surface area (Å²) >= 11 is 0. The third-order valence-electron chi connectivity index (χ3n) is 4.15. The van der Waals surface area contributed by atoms with E-state index in [4.69, 9.17) is 4.74 Å². The van der Waals surface area contributed by atoms with E-state index in [0.29, 0.717) is 12.1 Å². The Morgan fingerprint density at radius 2 is 1.88 bits per heavy atom. The van der Waals surface area contributed by atoms with Crippen LogP contribution >= 0.6 is 0 Å². The average Bonchev–Trinajstić information content (AvgIpc) is 2.25. The van der Waals surface area contributed by atoms with E-state index in [1.54, 1.807) is 0 Å². The van der Waals surface area contributed by atoms with Crippen LogP contribution in [0.25, 0.3) is 0 Å². The average molecular weight is 240 g/mol. The smallest absolute Gasteiger partial charge is 0.0826 e. The van der Waals surface area contributed by atoms with Gasteiger partial charge in [-0.05, 0) is 38.1 Å². The third-order valence-corrected chi connectivity index (χ3v) is 4.15. The Balaban J connectivity index is 1.70. The van der Waals surface area contributed by atoms with Crippen LogP contribution in [0.4, 0.5) is 0 Å². The SMILES string of the molecule is CC1CC(C)CC(NCC2CN(C)CCO2)C1. The molecule has 0 spiro atoms. The molecule has 1 saturated heterocycles. The molecule has 3 nitrogen and oxygen atoms in total. The number of nitrogens with one attached hydrogen (secondary N) is 1. The van der Waals surface area contributed by atoms with Gasteiger partial charge in [-0.3, -0.25) is 0 Å². The number of nitrogens with zero attached hydrogens (tertiary/aromatic N) is 1. The Hall–Kier alpha value is -0.120. The molecule has 0 aromatic rings. The Labute approximate surface area is 106 Å². The fraction of sp³-hybridized carbons (Fsp3) is 1.00. The highest BCUT2D eigenvalue weighted by molar-refractivity contribution is 4.81. The van der Waals surface area contributed by atoms with Gasteiger partial charge in [-0.25, -0.2) is 0 Å². The second-order valence-electron chi connectivity index (χ2n) is 6.28. The maximum Gasteiger partial charge on any atom is 0.0826 e. The molecule has 1 aliphatic carbocycles. The molecule has 100 valence electrons. The summed E-state index contributed by atoms with van der Waals surface area (Å²) in [6, 6.07) is 0.713. The first-order chi connectivity index (χ1) is 8.13. The van der Waals surface area contributed by atoms with Crippen molar-refractivity contribution in [3.63, 3.8) is 0 Å². The van der Waals surface area contributed by atoms with E-state index in [0.717, 1.165) is 38.1 Å². The molecule has 3 atom stereocenters. The first kappa shape index (κ1) is 13.3. The molecule has 1 N–H and O–H groups in total. The van der Waals surface area contributed by atoms with Gasteiger partial charge in [0.2, 0.25) is 0 Å². The topological polar surface area (TPSA) is 24.5 Å². The molecule has 0 amide bonds. The Morgan fingerprint density at radius 1 is 1.18 bits per heavy atom. The van der Waals surface area contributed by atoms with E-state index >= 15 is 0 Å². The quantitative estimate of drug-likeness (QED) is 0.813. The molecule has 1 saturated carbocycles. The minimum atomic E-state index is 0.390. The Morgan fingerprint density at radius 3 is 2.53 bits per heavy atom. The van der Waals surface area contributed by atoms with Crippen molar-refractivity contribution in [2.45, 2.75) is 45.3 Å². The minimum absolute atomic E-state index is 0.390. The molecular formula is C14H28N2O. The predicted octanol–water partition coefficient (Wildman–Crippen LogP) is 1.73. The minimum Gasteiger partial charge on any atom is -0.374 e. The fourth-order valence-electron chi connectivity index (χ4n) is 3.40. The summed E-state index contributed by atoms with van der Waals surface area (Å²) in [5.74, 6) is 1.76. The standard InChI is InChI=1S/C14H28N2O/c1-11-6-12(2)8-13(7-11)15-9-14-10-16(3)4-5-17-14/h11-15H,4-10H2,1-3H3. The lowest BCUT2D eigenvalue weighted by Crippen LogP contribution is -2.47. The number of rotatable bonds is 3. The molecule has 2 rings (SSSR count). The predicted molar refractivity (Wildman–Crippen MR) is 71.2 cm³/mol. The van der Waals surface area contributed by atoms with Gasteiger partial charge in [0.25, 0.3) is 0 Å². The summed E-state index contributed by atoms with van der Waals surface area (Å²) in [7, 11) is 2.18. The van der Waals surface area contributed by atoms with E-state index in [1.807, 2.05) is 0 Å². The van der Waals surface area contributed by atoms with Gasteiger partial charge in [0.15, 0.2) is 0 Å². The number of likely N-dealkylation sites (N-methyl/N-ethyl adjacent to an activating group) is 1. The number of ether oxygens (including phenoxy) is 1. The molecule has 0 radical (unpaired) electrons. The fourth-order valence-corrected chi connectivity index (χ4v) is 3.40. The highest BCUT2D eigenvalue weighted by atomic mass is 16.5. The van der Waals surface area contributed by atoms with Crippen LogP contribution < -0.4 is 5.32 Å². The van der Waals surface area contributed by atoms with Crippen molar-refractivity contribution in [3.05, 3.63) is 0 Å². The van der Waals surface area contributed by atoms with Crippen LogP contribution in [-0.4, -0.2) is 50.3 Å². The van der Waals surface area contributed by atoms with Gasteiger partial charge < -0.3 is 15.0 Å². The lowest BCUT2D eigenvalue weighted by atomic mass is 9.80. The van der Waals surface area contributed by atoms with E-state index in [2.05, 4.69) is 31.1 Å². The Kier molecular flexibility index (Phi) is 4.83. The van der Waals surface area contributed by atoms with Gasteiger partial charge in [-0.15, -0.1) is 0 Å². The monoisotopic (exact) mass is 240 g/mol. The van der Waals surface area contributed by atoms with Crippen molar-refractivity contribution < 1.29 is 4.74 Å². The van der Waals surface area contributed by atoms with Crippen molar-refractivity contribution in [2.24, 2.45) is 11.8 Å². The maximum atomic E-state index is 5.79. The van der Waals surface area contributed by atoms with E-state index in [-0.39, 0.29) is 0 Å². The van der Waals surface area contributed by atoms with Crippen molar-refractivity contribution >= 4 is 0 Å². The number of hydrogen-bond donors (Lipinski definition) is 1. The molecule has 3 heteroatoms. The van der Waals surface area contributed by atoms with Crippen LogP contribution in [0, 0.1) is 11.8 Å². The van der Waals surface area contributed by atoms with Gasteiger partial charge >= 0.3 is 0 Å². The third kappa shape index (κ3) is 4.23. The maximum absolute atomic E-state index is 5.79. The zero-order chi connectivity index (χ0) is 12.3. The van der Waals surface area contributed by atoms with Crippen molar-refractivity contribution in [1.82, 2.24) is 10.2 Å². The highest BCUT2D eigenvalue weighted by Crippen LogP contribution is 2.28. The Bertz CT molecular complexity index is 224. The second kappa shape index (κ2) is 6.17. The summed E-state index contributed by atoms with van der Waals surface area (Å²) in [4.78, 5) is 2.36. The molecule has 2 fully saturated rings.